The summed E-state index contributed by atoms with van der Waals surface area (Å²) in [5.41, 5.74) is -0.195. The van der Waals surface area contributed by atoms with E-state index in [1.54, 1.807) is 7.05 Å². The zero-order valence-electron chi connectivity index (χ0n) is 11.1. The highest BCUT2D eigenvalue weighted by Gasteiger charge is 2.42. The van der Waals surface area contributed by atoms with Gasteiger partial charge < -0.3 is 0 Å². The van der Waals surface area contributed by atoms with Gasteiger partial charge in [0.2, 0.25) is 0 Å². The highest BCUT2D eigenvalue weighted by Crippen LogP contribution is 2.25. The predicted molar refractivity (Wildman–Crippen MR) is 62.2 cm³/mol. The van der Waals surface area contributed by atoms with Crippen molar-refractivity contribution in [3.05, 3.63) is 29.1 Å². The molecule has 0 saturated carbocycles. The average Bonchev–Trinajstić information content (AvgIpc) is 2.83. The lowest BCUT2D eigenvalue weighted by Gasteiger charge is -2.06. The van der Waals surface area contributed by atoms with E-state index in [9.17, 15) is 18.0 Å². The van der Waals surface area contributed by atoms with Crippen LogP contribution in [0.25, 0.3) is 0 Å². The quantitative estimate of drug-likeness (QED) is 0.801. The molecule has 0 aliphatic rings. The molecule has 0 aliphatic heterocycles. The topological polar surface area (TPSA) is 65.6 Å². The lowest BCUT2D eigenvalue weighted by Crippen LogP contribution is -2.24. The summed E-state index contributed by atoms with van der Waals surface area (Å²) in [6, 6.07) is 0. The van der Waals surface area contributed by atoms with Crippen molar-refractivity contribution < 1.29 is 18.0 Å². The number of nitrogens with zero attached hydrogens (tertiary/aromatic N) is 5. The van der Waals surface area contributed by atoms with Gasteiger partial charge in [-0.2, -0.15) is 23.4 Å². The normalized spacial score (nSPS) is 11.9. The molecule has 0 unspecified atom stereocenters. The van der Waals surface area contributed by atoms with Gasteiger partial charge in [0.05, 0.1) is 11.3 Å². The minimum absolute atomic E-state index is 0.0481. The average molecular weight is 287 g/mol. The number of aromatic nitrogens is 5. The first-order chi connectivity index (χ1) is 9.21. The maximum absolute atomic E-state index is 12.5. The molecule has 9 heteroatoms. The van der Waals surface area contributed by atoms with Gasteiger partial charge >= 0.3 is 6.18 Å². The molecule has 0 saturated heterocycles. The van der Waals surface area contributed by atoms with Gasteiger partial charge in [0, 0.05) is 12.7 Å². The Morgan fingerprint density at radius 2 is 2.00 bits per heavy atom. The number of aryl methyl sites for hydroxylation is 2. The molecule has 2 heterocycles. The molecule has 0 amide bonds. The van der Waals surface area contributed by atoms with Crippen molar-refractivity contribution in [1.82, 2.24) is 24.5 Å². The molecule has 0 aliphatic carbocycles. The van der Waals surface area contributed by atoms with Crippen LogP contribution in [0.1, 0.15) is 27.6 Å². The third-order valence-corrected chi connectivity index (χ3v) is 2.96. The van der Waals surface area contributed by atoms with Gasteiger partial charge in [0.15, 0.2) is 0 Å². The lowest BCUT2D eigenvalue weighted by molar-refractivity contribution is -0.0886. The molecule has 2 rings (SSSR count). The molecular weight excluding hydrogens is 275 g/mol. The van der Waals surface area contributed by atoms with Crippen LogP contribution in [0, 0.1) is 13.8 Å². The van der Waals surface area contributed by atoms with Gasteiger partial charge in [-0.25, -0.2) is 4.98 Å². The second kappa shape index (κ2) is 4.73. The van der Waals surface area contributed by atoms with Gasteiger partial charge in [0.1, 0.15) is 18.7 Å². The molecule has 108 valence electrons. The Morgan fingerprint density at radius 1 is 1.35 bits per heavy atom. The maximum atomic E-state index is 12.5. The van der Waals surface area contributed by atoms with Crippen molar-refractivity contribution in [2.24, 2.45) is 7.05 Å². The standard InChI is InChI=1S/C11H12F3N5O/c1-6-9(10(20)11(12,13)14)7(2)19(17-6)4-8-15-5-16-18(8)3/h5H,4H2,1-3H3. The summed E-state index contributed by atoms with van der Waals surface area (Å²) in [7, 11) is 1.66. The summed E-state index contributed by atoms with van der Waals surface area (Å²) in [6.07, 6.45) is -3.57. The number of carbonyl (C=O) groups excluding carboxylic acids is 1. The van der Waals surface area contributed by atoms with E-state index in [0.717, 1.165) is 0 Å². The Bertz CT molecular complexity index is 656. The Labute approximate surface area is 112 Å². The molecule has 0 fully saturated rings. The second-order valence-electron chi connectivity index (χ2n) is 4.33. The molecule has 0 aromatic carbocycles. The third kappa shape index (κ3) is 2.43. The van der Waals surface area contributed by atoms with Crippen molar-refractivity contribution in [2.75, 3.05) is 0 Å². The first-order valence-electron chi connectivity index (χ1n) is 5.70. The summed E-state index contributed by atoms with van der Waals surface area (Å²) in [5, 5.41) is 7.84. The lowest BCUT2D eigenvalue weighted by atomic mass is 10.1. The summed E-state index contributed by atoms with van der Waals surface area (Å²) in [4.78, 5) is 15.3. The van der Waals surface area contributed by atoms with Crippen LogP contribution in [0.3, 0.4) is 0 Å². The Kier molecular flexibility index (Phi) is 3.36. The zero-order chi connectivity index (χ0) is 15.1. The fourth-order valence-electron chi connectivity index (χ4n) is 1.92. The Balaban J connectivity index is 2.39. The van der Waals surface area contributed by atoms with E-state index in [-0.39, 0.29) is 17.9 Å². The molecule has 0 radical (unpaired) electrons. The van der Waals surface area contributed by atoms with Crippen LogP contribution in [0.5, 0.6) is 0 Å². The molecular formula is C11H12F3N5O. The van der Waals surface area contributed by atoms with Crippen molar-refractivity contribution in [3.63, 3.8) is 0 Å². The van der Waals surface area contributed by atoms with Crippen LogP contribution in [0.4, 0.5) is 13.2 Å². The number of hydrogen-bond donors (Lipinski definition) is 0. The molecule has 6 nitrogen and oxygen atoms in total. The maximum Gasteiger partial charge on any atom is 0.455 e. The van der Waals surface area contributed by atoms with E-state index in [0.29, 0.717) is 5.82 Å². The van der Waals surface area contributed by atoms with Gasteiger partial charge in [-0.05, 0) is 13.8 Å². The van der Waals surface area contributed by atoms with Crippen LogP contribution in [-0.4, -0.2) is 36.5 Å². The fraction of sp³-hybridized carbons (Fsp3) is 0.455. The number of carbonyl (C=O) groups is 1. The molecule has 0 N–H and O–H groups in total. The summed E-state index contributed by atoms with van der Waals surface area (Å²) in [6.45, 7) is 2.95. The van der Waals surface area contributed by atoms with Crippen LogP contribution in [0.15, 0.2) is 6.33 Å². The minimum Gasteiger partial charge on any atom is -0.284 e. The van der Waals surface area contributed by atoms with Crippen molar-refractivity contribution >= 4 is 5.78 Å². The predicted octanol–water partition coefficient (Wildman–Crippen LogP) is 1.42. The monoisotopic (exact) mass is 287 g/mol. The number of halogens is 3. The number of ketones is 1. The highest BCUT2D eigenvalue weighted by atomic mass is 19.4. The van der Waals surface area contributed by atoms with Crippen molar-refractivity contribution in [2.45, 2.75) is 26.6 Å². The first-order valence-corrected chi connectivity index (χ1v) is 5.70. The second-order valence-corrected chi connectivity index (χ2v) is 4.33. The fourth-order valence-corrected chi connectivity index (χ4v) is 1.92. The number of Topliss-reactive ketones (excluding diaryl/α,β-unsaturated/α-hetero) is 1. The smallest absolute Gasteiger partial charge is 0.284 e. The van der Waals surface area contributed by atoms with Crippen molar-refractivity contribution in [3.8, 4) is 0 Å². The highest BCUT2D eigenvalue weighted by molar-refractivity contribution is 6.02. The number of hydrogen-bond acceptors (Lipinski definition) is 4. The largest absolute Gasteiger partial charge is 0.455 e. The zero-order valence-corrected chi connectivity index (χ0v) is 11.1. The van der Waals surface area contributed by atoms with Gasteiger partial charge in [-0.3, -0.25) is 14.2 Å². The van der Waals surface area contributed by atoms with Gasteiger partial charge in [0.25, 0.3) is 5.78 Å². The SMILES string of the molecule is Cc1nn(Cc2ncnn2C)c(C)c1C(=O)C(F)(F)F. The molecule has 0 bridgehead atoms. The summed E-state index contributed by atoms with van der Waals surface area (Å²) in [5.74, 6) is -1.35. The van der Waals surface area contributed by atoms with Gasteiger partial charge in [-0.15, -0.1) is 0 Å². The van der Waals surface area contributed by atoms with Crippen LogP contribution in [-0.2, 0) is 13.6 Å². The number of alkyl halides is 3. The summed E-state index contributed by atoms with van der Waals surface area (Å²) < 4.78 is 40.4. The van der Waals surface area contributed by atoms with E-state index < -0.39 is 17.5 Å². The summed E-state index contributed by atoms with van der Waals surface area (Å²) >= 11 is 0. The molecule has 0 atom stereocenters. The van der Waals surface area contributed by atoms with E-state index in [4.69, 9.17) is 0 Å². The molecule has 2 aromatic rings. The van der Waals surface area contributed by atoms with E-state index in [1.807, 2.05) is 0 Å². The van der Waals surface area contributed by atoms with E-state index in [2.05, 4.69) is 15.2 Å². The van der Waals surface area contributed by atoms with E-state index in [1.165, 1.54) is 29.5 Å². The molecule has 0 spiro atoms. The van der Waals surface area contributed by atoms with Crippen molar-refractivity contribution in [1.29, 1.82) is 0 Å². The molecule has 2 aromatic heterocycles. The number of rotatable bonds is 3. The first kappa shape index (κ1) is 14.2. The van der Waals surface area contributed by atoms with Crippen LogP contribution in [0.2, 0.25) is 0 Å². The Morgan fingerprint density at radius 3 is 2.50 bits per heavy atom. The Hall–Kier alpha value is -2.19. The third-order valence-electron chi connectivity index (χ3n) is 2.96. The van der Waals surface area contributed by atoms with Crippen LogP contribution < -0.4 is 0 Å². The van der Waals surface area contributed by atoms with Crippen LogP contribution >= 0.6 is 0 Å². The molecule has 20 heavy (non-hydrogen) atoms. The minimum atomic E-state index is -4.91. The van der Waals surface area contributed by atoms with E-state index >= 15 is 0 Å². The van der Waals surface area contributed by atoms with Gasteiger partial charge in [-0.1, -0.05) is 0 Å².